The van der Waals surface area contributed by atoms with E-state index in [9.17, 15) is 0 Å². The molecule has 1 heterocycles. The van der Waals surface area contributed by atoms with E-state index in [1.54, 1.807) is 0 Å². The van der Waals surface area contributed by atoms with E-state index in [-0.39, 0.29) is 0 Å². The van der Waals surface area contributed by atoms with Gasteiger partial charge in [0.1, 0.15) is 0 Å². The Morgan fingerprint density at radius 1 is 0.900 bits per heavy atom. The van der Waals surface area contributed by atoms with Crippen LogP contribution in [-0.2, 0) is 0 Å². The second-order valence-electron chi connectivity index (χ2n) is 4.68. The van der Waals surface area contributed by atoms with E-state index in [2.05, 4.69) is 36.6 Å². The molecule has 2 nitrogen and oxygen atoms in total. The summed E-state index contributed by atoms with van der Waals surface area (Å²) in [7, 11) is 0. The molecule has 0 amide bonds. The minimum atomic E-state index is 0.718. The van der Waals surface area contributed by atoms with Gasteiger partial charge in [-0.1, -0.05) is 59.4 Å². The summed E-state index contributed by atoms with van der Waals surface area (Å²) in [4.78, 5) is 0.718. The molecule has 0 aliphatic rings. The number of nitrogens with zero attached hydrogens (tertiary/aromatic N) is 1. The Morgan fingerprint density at radius 3 is 2.40 bits per heavy atom. The van der Waals surface area contributed by atoms with E-state index in [0.717, 1.165) is 21.8 Å². The van der Waals surface area contributed by atoms with Gasteiger partial charge in [-0.25, -0.2) is 0 Å². The van der Waals surface area contributed by atoms with Crippen molar-refractivity contribution < 1.29 is 4.68 Å². The minimum absolute atomic E-state index is 0.718. The molecular weight excluding hydrogens is 264 g/mol. The van der Waals surface area contributed by atoms with Gasteiger partial charge in [0.15, 0.2) is 4.99 Å². The van der Waals surface area contributed by atoms with Crippen LogP contribution in [0.5, 0.6) is 0 Å². The summed E-state index contributed by atoms with van der Waals surface area (Å²) in [6.45, 7) is 2.06. The average Bonchev–Trinajstić information content (AvgIpc) is 2.51. The van der Waals surface area contributed by atoms with Crippen LogP contribution < -0.4 is 10.1 Å². The number of aromatic nitrogens is 1. The Hall–Kier alpha value is -2.26. The molecule has 0 unspecified atom stereocenters. The van der Waals surface area contributed by atoms with Crippen LogP contribution in [0.4, 0.5) is 0 Å². The number of thiocarbonyl (C=S) groups is 1. The fraction of sp³-hybridized carbons (Fsp3) is 0.0588. The molecule has 2 aromatic carbocycles. The molecule has 0 bridgehead atoms. The highest BCUT2D eigenvalue weighted by Crippen LogP contribution is 2.09. The SMILES string of the molecule is Cc1ccc2ccccc2[n+]1NC(=S)c1ccccc1. The van der Waals surface area contributed by atoms with Crippen molar-refractivity contribution in [2.24, 2.45) is 0 Å². The number of fused-ring (bicyclic) bond motifs is 1. The lowest BCUT2D eigenvalue weighted by atomic mass is 10.2. The van der Waals surface area contributed by atoms with Crippen LogP contribution in [0.25, 0.3) is 10.9 Å². The summed E-state index contributed by atoms with van der Waals surface area (Å²) in [5.41, 5.74) is 6.56. The number of hydrogen-bond acceptors (Lipinski definition) is 1. The van der Waals surface area contributed by atoms with Crippen molar-refractivity contribution in [2.75, 3.05) is 5.43 Å². The van der Waals surface area contributed by atoms with E-state index in [0.29, 0.717) is 0 Å². The molecule has 3 rings (SSSR count). The predicted octanol–water partition coefficient (Wildman–Crippen LogP) is 3.35. The molecule has 3 aromatic rings. The first-order valence-electron chi connectivity index (χ1n) is 6.52. The predicted molar refractivity (Wildman–Crippen MR) is 86.4 cm³/mol. The molecule has 0 radical (unpaired) electrons. The monoisotopic (exact) mass is 279 g/mol. The molecule has 3 heteroatoms. The van der Waals surface area contributed by atoms with E-state index in [1.807, 2.05) is 47.1 Å². The first-order chi connectivity index (χ1) is 9.75. The lowest BCUT2D eigenvalue weighted by Gasteiger charge is -2.07. The van der Waals surface area contributed by atoms with E-state index < -0.39 is 0 Å². The zero-order valence-corrected chi connectivity index (χ0v) is 12.0. The Kier molecular flexibility index (Phi) is 3.44. The van der Waals surface area contributed by atoms with Crippen LogP contribution >= 0.6 is 12.2 Å². The maximum atomic E-state index is 5.49. The molecule has 0 fully saturated rings. The average molecular weight is 279 g/mol. The zero-order chi connectivity index (χ0) is 13.9. The number of benzene rings is 2. The van der Waals surface area contributed by atoms with Crippen LogP contribution in [-0.4, -0.2) is 4.99 Å². The minimum Gasteiger partial charge on any atom is -0.148 e. The first kappa shape index (κ1) is 12.8. The molecule has 0 aliphatic heterocycles. The van der Waals surface area contributed by atoms with Crippen LogP contribution in [0.15, 0.2) is 66.7 Å². The molecule has 0 atom stereocenters. The van der Waals surface area contributed by atoms with Gasteiger partial charge < -0.3 is 0 Å². The van der Waals surface area contributed by atoms with Gasteiger partial charge in [0.2, 0.25) is 11.2 Å². The third kappa shape index (κ3) is 2.40. The second kappa shape index (κ2) is 5.39. The molecule has 1 aromatic heterocycles. The van der Waals surface area contributed by atoms with Crippen LogP contribution in [0, 0.1) is 6.92 Å². The van der Waals surface area contributed by atoms with Crippen molar-refractivity contribution in [2.45, 2.75) is 6.92 Å². The van der Waals surface area contributed by atoms with Crippen molar-refractivity contribution in [3.05, 3.63) is 78.0 Å². The van der Waals surface area contributed by atoms with Gasteiger partial charge >= 0.3 is 0 Å². The highest BCUT2D eigenvalue weighted by atomic mass is 32.1. The third-order valence-corrected chi connectivity index (χ3v) is 3.61. The van der Waals surface area contributed by atoms with Crippen molar-refractivity contribution >= 4 is 28.1 Å². The highest BCUT2D eigenvalue weighted by Gasteiger charge is 2.14. The molecule has 98 valence electrons. The summed E-state index contributed by atoms with van der Waals surface area (Å²) >= 11 is 5.49. The summed E-state index contributed by atoms with van der Waals surface area (Å²) in [6, 6.07) is 22.4. The lowest BCUT2D eigenvalue weighted by Crippen LogP contribution is -2.50. The summed E-state index contributed by atoms with van der Waals surface area (Å²) in [5.74, 6) is 0. The van der Waals surface area contributed by atoms with E-state index in [4.69, 9.17) is 12.2 Å². The van der Waals surface area contributed by atoms with E-state index in [1.165, 1.54) is 5.39 Å². The number of aryl methyl sites for hydroxylation is 1. The quantitative estimate of drug-likeness (QED) is 0.572. The van der Waals surface area contributed by atoms with Crippen LogP contribution in [0.3, 0.4) is 0 Å². The molecular formula is C17H15N2S+. The van der Waals surface area contributed by atoms with Crippen molar-refractivity contribution in [1.29, 1.82) is 0 Å². The number of hydrogen-bond donors (Lipinski definition) is 1. The van der Waals surface area contributed by atoms with Gasteiger partial charge in [0.25, 0.3) is 0 Å². The maximum Gasteiger partial charge on any atom is 0.243 e. The van der Waals surface area contributed by atoms with Crippen LogP contribution in [0.2, 0.25) is 0 Å². The summed E-state index contributed by atoms with van der Waals surface area (Å²) < 4.78 is 2.03. The second-order valence-corrected chi connectivity index (χ2v) is 5.08. The van der Waals surface area contributed by atoms with Gasteiger partial charge in [-0.2, -0.15) is 0 Å². The van der Waals surface area contributed by atoms with Gasteiger partial charge in [0, 0.05) is 30.0 Å². The standard InChI is InChI=1S/C17H14N2S/c1-13-11-12-14-7-5-6-10-16(14)19(13)18-17(20)15-8-3-2-4-9-15/h2-12H,1H3/p+1. The van der Waals surface area contributed by atoms with E-state index >= 15 is 0 Å². The lowest BCUT2D eigenvalue weighted by molar-refractivity contribution is -0.619. The fourth-order valence-corrected chi connectivity index (χ4v) is 2.44. The van der Waals surface area contributed by atoms with Gasteiger partial charge in [0.05, 0.1) is 0 Å². The number of rotatable bonds is 2. The first-order valence-corrected chi connectivity index (χ1v) is 6.93. The van der Waals surface area contributed by atoms with Gasteiger partial charge in [-0.05, 0) is 12.1 Å². The van der Waals surface area contributed by atoms with Crippen molar-refractivity contribution in [3.8, 4) is 0 Å². The summed E-state index contributed by atoms with van der Waals surface area (Å²) in [6.07, 6.45) is 0. The molecule has 0 spiro atoms. The molecule has 0 saturated carbocycles. The molecule has 0 saturated heterocycles. The number of para-hydroxylation sites is 1. The van der Waals surface area contributed by atoms with Crippen molar-refractivity contribution in [1.82, 2.24) is 0 Å². The van der Waals surface area contributed by atoms with Crippen molar-refractivity contribution in [3.63, 3.8) is 0 Å². The molecule has 0 aliphatic carbocycles. The number of pyridine rings is 1. The Labute approximate surface area is 123 Å². The van der Waals surface area contributed by atoms with Gasteiger partial charge in [-0.3, -0.25) is 0 Å². The topological polar surface area (TPSA) is 15.9 Å². The third-order valence-electron chi connectivity index (χ3n) is 3.28. The molecule has 1 N–H and O–H groups in total. The highest BCUT2D eigenvalue weighted by molar-refractivity contribution is 7.81. The molecule has 20 heavy (non-hydrogen) atoms. The number of nitrogens with one attached hydrogen (secondary N) is 1. The Bertz CT molecular complexity index is 766. The summed E-state index contributed by atoms with van der Waals surface area (Å²) in [5, 5.41) is 1.18. The maximum absolute atomic E-state index is 5.49. The van der Waals surface area contributed by atoms with Gasteiger partial charge in [-0.15, -0.1) is 5.43 Å². The van der Waals surface area contributed by atoms with Crippen LogP contribution in [0.1, 0.15) is 11.3 Å². The zero-order valence-electron chi connectivity index (χ0n) is 11.2. The largest absolute Gasteiger partial charge is 0.243 e. The Balaban J connectivity index is 2.03. The smallest absolute Gasteiger partial charge is 0.148 e. The fourth-order valence-electron chi connectivity index (χ4n) is 2.21. The Morgan fingerprint density at radius 2 is 1.60 bits per heavy atom. The normalized spacial score (nSPS) is 10.4.